The van der Waals surface area contributed by atoms with Crippen LogP contribution >= 0.6 is 0 Å². The van der Waals surface area contributed by atoms with Gasteiger partial charge in [-0.25, -0.2) is 0 Å². The number of rotatable bonds is 2. The summed E-state index contributed by atoms with van der Waals surface area (Å²) in [6.45, 7) is 0. The second-order valence-corrected chi connectivity index (χ2v) is 10.6. The minimum Gasteiger partial charge on any atom is -0.316 e. The van der Waals surface area contributed by atoms with E-state index < -0.39 is 0 Å². The van der Waals surface area contributed by atoms with Gasteiger partial charge in [-0.05, 0) is 74.8 Å². The molecule has 0 saturated carbocycles. The molecule has 7 aromatic carbocycles. The molecule has 0 bridgehead atoms. The van der Waals surface area contributed by atoms with Crippen molar-refractivity contribution in [2.24, 2.45) is 0 Å². The first kappa shape index (κ1) is 21.6. The summed E-state index contributed by atoms with van der Waals surface area (Å²) in [4.78, 5) is 0. The number of nitrogens with zero attached hydrogens (tertiary/aromatic N) is 2. The quantitative estimate of drug-likeness (QED) is 0.206. The van der Waals surface area contributed by atoms with Crippen LogP contribution in [0.1, 0.15) is 0 Å². The molecule has 0 unspecified atom stereocenters. The second kappa shape index (κ2) is 8.08. The van der Waals surface area contributed by atoms with E-state index >= 15 is 0 Å². The Labute approximate surface area is 230 Å². The van der Waals surface area contributed by atoms with Crippen LogP contribution < -0.4 is 0 Å². The van der Waals surface area contributed by atoms with Crippen molar-refractivity contribution in [1.29, 1.82) is 0 Å². The summed E-state index contributed by atoms with van der Waals surface area (Å²) in [5.41, 5.74) is 6.04. The normalized spacial score (nSPS) is 12.0. The van der Waals surface area contributed by atoms with Crippen LogP contribution in [0.3, 0.4) is 0 Å². The lowest BCUT2D eigenvalue weighted by atomic mass is 9.94. The highest BCUT2D eigenvalue weighted by atomic mass is 15.0. The maximum Gasteiger partial charge on any atom is 0.0635 e. The molecule has 0 spiro atoms. The number of aromatic nitrogens is 2. The van der Waals surface area contributed by atoms with Gasteiger partial charge in [-0.15, -0.1) is 0 Å². The van der Waals surface area contributed by atoms with Crippen molar-refractivity contribution < 1.29 is 0 Å². The van der Waals surface area contributed by atoms with Crippen molar-refractivity contribution in [2.45, 2.75) is 0 Å². The predicted octanol–water partition coefficient (Wildman–Crippen LogP) is 10.2. The van der Waals surface area contributed by atoms with Gasteiger partial charge < -0.3 is 9.13 Å². The zero-order valence-electron chi connectivity index (χ0n) is 21.8. The van der Waals surface area contributed by atoms with Crippen LogP contribution in [-0.4, -0.2) is 9.13 Å². The van der Waals surface area contributed by atoms with Crippen LogP contribution in [0.4, 0.5) is 0 Å². The lowest BCUT2D eigenvalue weighted by molar-refractivity contribution is 1.13. The van der Waals surface area contributed by atoms with E-state index in [0.29, 0.717) is 0 Å². The van der Waals surface area contributed by atoms with Gasteiger partial charge in [-0.2, -0.15) is 0 Å². The molecular weight excluding hydrogens is 484 g/mol. The Kier molecular flexibility index (Phi) is 4.36. The molecule has 0 aliphatic heterocycles. The summed E-state index contributed by atoms with van der Waals surface area (Å²) >= 11 is 0. The first-order valence-electron chi connectivity index (χ1n) is 13.8. The second-order valence-electron chi connectivity index (χ2n) is 10.6. The standard InChI is InChI=1S/C38H24N2/c1-2-10-25(11-3-1)40-37-17-9-8-16-32(37)33-20-21-36-34(38(33)40)22-23-39(36)26-18-19-31-29-14-5-4-12-27(29)28-13-6-7-15-30(28)35(31)24-26/h1-24H. The summed E-state index contributed by atoms with van der Waals surface area (Å²) in [6.07, 6.45) is 2.22. The van der Waals surface area contributed by atoms with Crippen LogP contribution in [0.5, 0.6) is 0 Å². The molecule has 0 fully saturated rings. The largest absolute Gasteiger partial charge is 0.316 e. The fourth-order valence-electron chi connectivity index (χ4n) is 6.79. The average molecular weight is 509 g/mol. The van der Waals surface area contributed by atoms with Gasteiger partial charge in [0, 0.05) is 33.7 Å². The molecule has 2 nitrogen and oxygen atoms in total. The summed E-state index contributed by atoms with van der Waals surface area (Å²) in [7, 11) is 0. The SMILES string of the molecule is c1ccc(-n2c3ccccc3c3ccc4c(ccn4-c4ccc5c6ccccc6c6ccccc6c5c4)c32)cc1. The Morgan fingerprint density at radius 2 is 0.900 bits per heavy atom. The van der Waals surface area contributed by atoms with Crippen LogP contribution in [0.15, 0.2) is 146 Å². The van der Waals surface area contributed by atoms with Gasteiger partial charge in [-0.3, -0.25) is 0 Å². The van der Waals surface area contributed by atoms with Gasteiger partial charge in [0.2, 0.25) is 0 Å². The van der Waals surface area contributed by atoms with E-state index in [-0.39, 0.29) is 0 Å². The van der Waals surface area contributed by atoms with Crippen LogP contribution in [-0.2, 0) is 0 Å². The minimum absolute atomic E-state index is 1.17. The van der Waals surface area contributed by atoms with Gasteiger partial charge in [-0.1, -0.05) is 97.1 Å². The molecule has 0 amide bonds. The number of hydrogen-bond acceptors (Lipinski definition) is 0. The average Bonchev–Trinajstić information content (AvgIpc) is 3.61. The van der Waals surface area contributed by atoms with Crippen LogP contribution in [0.2, 0.25) is 0 Å². The lowest BCUT2D eigenvalue weighted by Crippen LogP contribution is -1.95. The highest BCUT2D eigenvalue weighted by Gasteiger charge is 2.17. The van der Waals surface area contributed by atoms with E-state index in [0.717, 1.165) is 0 Å². The maximum atomic E-state index is 2.41. The smallest absolute Gasteiger partial charge is 0.0635 e. The molecule has 40 heavy (non-hydrogen) atoms. The monoisotopic (exact) mass is 508 g/mol. The minimum atomic E-state index is 1.17. The highest BCUT2D eigenvalue weighted by molar-refractivity contribution is 6.25. The van der Waals surface area contributed by atoms with Gasteiger partial charge in [0.1, 0.15) is 0 Å². The third kappa shape index (κ3) is 2.88. The molecule has 186 valence electrons. The third-order valence-corrected chi connectivity index (χ3v) is 8.52. The van der Waals surface area contributed by atoms with Crippen LogP contribution in [0.25, 0.3) is 76.4 Å². The predicted molar refractivity (Wildman–Crippen MR) is 170 cm³/mol. The molecular formula is C38H24N2. The maximum absolute atomic E-state index is 2.41. The number of para-hydroxylation sites is 2. The Hall–Kier alpha value is -5.34. The third-order valence-electron chi connectivity index (χ3n) is 8.52. The molecule has 0 saturated heterocycles. The molecule has 2 aromatic heterocycles. The van der Waals surface area contributed by atoms with Gasteiger partial charge in [0.25, 0.3) is 0 Å². The van der Waals surface area contributed by atoms with Gasteiger partial charge in [0.15, 0.2) is 0 Å². The Morgan fingerprint density at radius 3 is 1.62 bits per heavy atom. The van der Waals surface area contributed by atoms with Crippen molar-refractivity contribution in [3.8, 4) is 11.4 Å². The Morgan fingerprint density at radius 1 is 0.325 bits per heavy atom. The molecule has 0 aliphatic rings. The van der Waals surface area contributed by atoms with Crippen molar-refractivity contribution in [2.75, 3.05) is 0 Å². The zero-order valence-corrected chi connectivity index (χ0v) is 21.8. The molecule has 2 heterocycles. The summed E-state index contributed by atoms with van der Waals surface area (Å²) in [5.74, 6) is 0. The lowest BCUT2D eigenvalue weighted by Gasteiger charge is -2.13. The Balaban J connectivity index is 1.36. The first-order chi connectivity index (χ1) is 19.9. The summed E-state index contributed by atoms with van der Waals surface area (Å²) in [6, 6.07) is 50.7. The topological polar surface area (TPSA) is 9.86 Å². The molecule has 9 aromatic rings. The van der Waals surface area contributed by atoms with E-state index in [1.807, 2.05) is 0 Å². The van der Waals surface area contributed by atoms with Crippen molar-refractivity contribution in [3.05, 3.63) is 146 Å². The van der Waals surface area contributed by atoms with Crippen molar-refractivity contribution >= 4 is 65.0 Å². The number of hydrogen-bond donors (Lipinski definition) is 0. The van der Waals surface area contributed by atoms with E-state index in [9.17, 15) is 0 Å². The van der Waals surface area contributed by atoms with Crippen molar-refractivity contribution in [3.63, 3.8) is 0 Å². The fraction of sp³-hybridized carbons (Fsp3) is 0. The van der Waals surface area contributed by atoms with E-state index in [2.05, 4.69) is 155 Å². The molecule has 0 N–H and O–H groups in total. The van der Waals surface area contributed by atoms with Gasteiger partial charge in [0.05, 0.1) is 16.6 Å². The van der Waals surface area contributed by atoms with E-state index in [4.69, 9.17) is 0 Å². The molecule has 0 aliphatic carbocycles. The first-order valence-corrected chi connectivity index (χ1v) is 13.8. The molecule has 9 rings (SSSR count). The highest BCUT2D eigenvalue weighted by Crippen LogP contribution is 2.39. The number of benzene rings is 7. The molecule has 2 heteroatoms. The van der Waals surface area contributed by atoms with E-state index in [1.165, 1.54) is 76.4 Å². The summed E-state index contributed by atoms with van der Waals surface area (Å²) < 4.78 is 4.75. The van der Waals surface area contributed by atoms with Gasteiger partial charge >= 0.3 is 0 Å². The number of fused-ring (bicyclic) bond motifs is 11. The van der Waals surface area contributed by atoms with Crippen molar-refractivity contribution in [1.82, 2.24) is 9.13 Å². The fourth-order valence-corrected chi connectivity index (χ4v) is 6.79. The molecule has 0 atom stereocenters. The summed E-state index contributed by atoms with van der Waals surface area (Å²) in [5, 5.41) is 11.6. The Bertz CT molecular complexity index is 2390. The van der Waals surface area contributed by atoms with Crippen LogP contribution in [0, 0.1) is 0 Å². The van der Waals surface area contributed by atoms with E-state index in [1.54, 1.807) is 0 Å². The molecule has 0 radical (unpaired) electrons. The zero-order chi connectivity index (χ0) is 26.2.